The molecule has 2 N–H and O–H groups in total. The van der Waals surface area contributed by atoms with Crippen molar-refractivity contribution < 1.29 is 25.9 Å². The second-order valence-electron chi connectivity index (χ2n) is 2.84. The van der Waals surface area contributed by atoms with E-state index in [0.29, 0.717) is 18.2 Å². The third kappa shape index (κ3) is 3.06. The lowest BCUT2D eigenvalue weighted by Crippen LogP contribution is -2.42. The van der Waals surface area contributed by atoms with Crippen LogP contribution in [0.5, 0.6) is 0 Å². The molecule has 0 saturated heterocycles. The van der Waals surface area contributed by atoms with E-state index in [-0.39, 0.29) is 5.75 Å². The van der Waals surface area contributed by atoms with Crippen molar-refractivity contribution in [3.63, 3.8) is 0 Å². The fourth-order valence-corrected chi connectivity index (χ4v) is 5.21. The van der Waals surface area contributed by atoms with Crippen LogP contribution in [0.2, 0.25) is 0 Å². The van der Waals surface area contributed by atoms with Crippen molar-refractivity contribution in [3.05, 3.63) is 0 Å². The van der Waals surface area contributed by atoms with Gasteiger partial charge >= 0.3 is 0 Å². The second kappa shape index (κ2) is 5.00. The van der Waals surface area contributed by atoms with Crippen LogP contribution < -0.4 is 0 Å². The molecule has 0 atom stereocenters. The third-order valence-electron chi connectivity index (χ3n) is 1.75. The Hall–Kier alpha value is 0.170. The van der Waals surface area contributed by atoms with E-state index in [4.69, 9.17) is 9.11 Å². The van der Waals surface area contributed by atoms with E-state index < -0.39 is 30.1 Å². The fourth-order valence-electron chi connectivity index (χ4n) is 1.01. The van der Waals surface area contributed by atoms with Crippen LogP contribution in [0.25, 0.3) is 0 Å². The van der Waals surface area contributed by atoms with Crippen molar-refractivity contribution in [1.29, 1.82) is 0 Å². The molecule has 15 heavy (non-hydrogen) atoms. The van der Waals surface area contributed by atoms with Crippen LogP contribution in [0, 0.1) is 0 Å². The summed E-state index contributed by atoms with van der Waals surface area (Å²) >= 11 is 0.507. The first kappa shape index (κ1) is 15.2. The Labute approximate surface area is 93.9 Å². The molecule has 0 aromatic rings. The Morgan fingerprint density at radius 2 is 1.47 bits per heavy atom. The van der Waals surface area contributed by atoms with Crippen LogP contribution in [0.3, 0.4) is 0 Å². The summed E-state index contributed by atoms with van der Waals surface area (Å²) in [5.41, 5.74) is 0. The van der Waals surface area contributed by atoms with Crippen molar-refractivity contribution in [2.24, 2.45) is 0 Å². The summed E-state index contributed by atoms with van der Waals surface area (Å²) in [5, 5.41) is 0. The predicted octanol–water partition coefficient (Wildman–Crippen LogP) is 0.969. The van der Waals surface area contributed by atoms with Gasteiger partial charge in [-0.2, -0.15) is 16.8 Å². The van der Waals surface area contributed by atoms with E-state index in [0.717, 1.165) is 0 Å². The Morgan fingerprint density at radius 1 is 1.07 bits per heavy atom. The van der Waals surface area contributed by atoms with Gasteiger partial charge in [-0.25, -0.2) is 0 Å². The van der Waals surface area contributed by atoms with Gasteiger partial charge in [-0.15, -0.1) is 11.8 Å². The van der Waals surface area contributed by atoms with Gasteiger partial charge in [-0.1, -0.05) is 13.8 Å². The van der Waals surface area contributed by atoms with Gasteiger partial charge in [0.1, 0.15) is 0 Å². The van der Waals surface area contributed by atoms with Crippen LogP contribution in [0.15, 0.2) is 0 Å². The fraction of sp³-hybridized carbons (Fsp3) is 1.00. The summed E-state index contributed by atoms with van der Waals surface area (Å²) in [6.07, 6.45) is 0.104. The highest BCUT2D eigenvalue weighted by atomic mass is 32.3. The molecule has 0 amide bonds. The summed E-state index contributed by atoms with van der Waals surface area (Å²) < 4.78 is 59.4. The summed E-state index contributed by atoms with van der Waals surface area (Å²) in [6.45, 7) is 2.99. The molecule has 0 aliphatic rings. The van der Waals surface area contributed by atoms with Crippen LogP contribution in [-0.4, -0.2) is 35.1 Å². The summed E-state index contributed by atoms with van der Waals surface area (Å²) in [7, 11) is -9.76. The molecule has 0 saturated carbocycles. The topological polar surface area (TPSA) is 109 Å². The maximum absolute atomic E-state index is 11.0. The van der Waals surface area contributed by atoms with Gasteiger partial charge in [0.2, 0.25) is 0 Å². The minimum Gasteiger partial charge on any atom is -0.284 e. The summed E-state index contributed by atoms with van der Waals surface area (Å²) in [6, 6.07) is 0. The maximum atomic E-state index is 11.0. The average molecular weight is 278 g/mol. The smallest absolute Gasteiger partial charge is 0.284 e. The number of rotatable bonds is 6. The van der Waals surface area contributed by atoms with Gasteiger partial charge in [-0.05, 0) is 18.6 Å². The van der Waals surface area contributed by atoms with Crippen molar-refractivity contribution in [3.8, 4) is 0 Å². The zero-order valence-electron chi connectivity index (χ0n) is 8.37. The second-order valence-corrected chi connectivity index (χ2v) is 8.30. The van der Waals surface area contributed by atoms with Crippen molar-refractivity contribution in [2.45, 2.75) is 30.1 Å². The molecule has 0 unspecified atom stereocenters. The Balaban J connectivity index is 5.55. The minimum atomic E-state index is -4.88. The highest BCUT2D eigenvalue weighted by molar-refractivity contribution is 8.26. The number of hydrogen-bond donors (Lipinski definition) is 2. The standard InChI is InChI=1S/C6H14O6S3/c1-3-5-13-6(4-2,14(7,8)9)15(10,11)12/h3-5H2,1-2H3,(H,7,8,9)(H,10,11,12). The molecule has 0 heterocycles. The van der Waals surface area contributed by atoms with E-state index >= 15 is 0 Å². The van der Waals surface area contributed by atoms with Gasteiger partial charge in [-0.3, -0.25) is 9.11 Å². The Bertz CT molecular complexity index is 363. The molecular weight excluding hydrogens is 264 g/mol. The van der Waals surface area contributed by atoms with Crippen LogP contribution in [-0.2, 0) is 20.2 Å². The molecule has 0 rings (SSSR count). The molecule has 0 spiro atoms. The molecule has 0 fully saturated rings. The quantitative estimate of drug-likeness (QED) is 0.697. The first-order valence-electron chi connectivity index (χ1n) is 4.20. The molecule has 0 aromatic carbocycles. The normalized spacial score (nSPS) is 14.1. The minimum absolute atomic E-state index is 0.202. The van der Waals surface area contributed by atoms with E-state index in [1.54, 1.807) is 6.92 Å². The van der Waals surface area contributed by atoms with Gasteiger partial charge in [0, 0.05) is 0 Å². The lowest BCUT2D eigenvalue weighted by atomic mass is 10.6. The van der Waals surface area contributed by atoms with Gasteiger partial charge in [0.15, 0.2) is 0 Å². The highest BCUT2D eigenvalue weighted by Crippen LogP contribution is 2.39. The first-order chi connectivity index (χ1) is 6.62. The van der Waals surface area contributed by atoms with Crippen molar-refractivity contribution in [1.82, 2.24) is 0 Å². The van der Waals surface area contributed by atoms with Gasteiger partial charge in [0.25, 0.3) is 23.6 Å². The van der Waals surface area contributed by atoms with Crippen molar-refractivity contribution in [2.75, 3.05) is 5.75 Å². The molecule has 0 aliphatic heterocycles. The van der Waals surface area contributed by atoms with E-state index in [9.17, 15) is 16.8 Å². The first-order valence-corrected chi connectivity index (χ1v) is 8.07. The van der Waals surface area contributed by atoms with Crippen LogP contribution in [0.4, 0.5) is 0 Å². The molecule has 6 nitrogen and oxygen atoms in total. The highest BCUT2D eigenvalue weighted by Gasteiger charge is 2.53. The molecule has 0 bridgehead atoms. The predicted molar refractivity (Wildman–Crippen MR) is 58.9 cm³/mol. The summed E-state index contributed by atoms with van der Waals surface area (Å²) in [5.74, 6) is 0.202. The van der Waals surface area contributed by atoms with Crippen LogP contribution >= 0.6 is 11.8 Å². The van der Waals surface area contributed by atoms with E-state index in [2.05, 4.69) is 0 Å². The zero-order valence-corrected chi connectivity index (χ0v) is 10.8. The van der Waals surface area contributed by atoms with Gasteiger partial charge < -0.3 is 0 Å². The molecular formula is C6H14O6S3. The SMILES string of the molecule is CCCSC(CC)(S(=O)(=O)O)S(=O)(=O)O. The monoisotopic (exact) mass is 278 g/mol. The Kier molecular flexibility index (Phi) is 5.06. The molecule has 9 heteroatoms. The molecule has 0 aromatic heterocycles. The Morgan fingerprint density at radius 3 is 1.67 bits per heavy atom. The zero-order chi connectivity index (χ0) is 12.3. The summed E-state index contributed by atoms with van der Waals surface area (Å²) in [4.78, 5) is 0. The lowest BCUT2D eigenvalue weighted by Gasteiger charge is -2.24. The number of hydrogen-bond acceptors (Lipinski definition) is 5. The van der Waals surface area contributed by atoms with E-state index in [1.165, 1.54) is 6.92 Å². The largest absolute Gasteiger partial charge is 0.297 e. The van der Waals surface area contributed by atoms with Gasteiger partial charge in [0.05, 0.1) is 0 Å². The van der Waals surface area contributed by atoms with Crippen molar-refractivity contribution >= 4 is 32.0 Å². The third-order valence-corrected chi connectivity index (χ3v) is 8.47. The van der Waals surface area contributed by atoms with Crippen LogP contribution in [0.1, 0.15) is 26.7 Å². The average Bonchev–Trinajstić information content (AvgIpc) is 2.01. The molecule has 0 aliphatic carbocycles. The van der Waals surface area contributed by atoms with E-state index in [1.807, 2.05) is 0 Å². The lowest BCUT2D eigenvalue weighted by molar-refractivity contribution is 0.446. The number of thioether (sulfide) groups is 1. The molecule has 0 radical (unpaired) electrons. The molecule has 92 valence electrons. The maximum Gasteiger partial charge on any atom is 0.297 e.